The summed E-state index contributed by atoms with van der Waals surface area (Å²) < 4.78 is 30.3. The Kier molecular flexibility index (Phi) is 7.75. The van der Waals surface area contributed by atoms with E-state index in [-0.39, 0.29) is 19.1 Å². The Morgan fingerprint density at radius 2 is 2.00 bits per heavy atom. The smallest absolute Gasteiger partial charge is 0.320 e. The molecule has 22 heavy (non-hydrogen) atoms. The van der Waals surface area contributed by atoms with E-state index in [1.807, 2.05) is 17.0 Å². The molecule has 7 nitrogen and oxygen atoms in total. The van der Waals surface area contributed by atoms with Crippen LogP contribution in [-0.2, 0) is 31.7 Å². The number of hydrogen-bond acceptors (Lipinski definition) is 7. The molecule has 0 aliphatic rings. The number of carbonyl (C=O) groups excluding carboxylic acids is 1. The fourth-order valence-corrected chi connectivity index (χ4v) is 2.00. The van der Waals surface area contributed by atoms with Crippen LogP contribution < -0.4 is 5.06 Å². The Morgan fingerprint density at radius 1 is 1.36 bits per heavy atom. The van der Waals surface area contributed by atoms with Crippen molar-refractivity contribution in [2.45, 2.75) is 6.54 Å². The molecule has 0 saturated heterocycles. The first-order valence-electron chi connectivity index (χ1n) is 6.47. The van der Waals surface area contributed by atoms with Crippen LogP contribution in [0.25, 0.3) is 0 Å². The first-order chi connectivity index (χ1) is 10.4. The van der Waals surface area contributed by atoms with E-state index in [1.165, 1.54) is 13.1 Å². The van der Waals surface area contributed by atoms with Gasteiger partial charge in [0.05, 0.1) is 12.2 Å². The number of rotatable bonds is 9. The molecule has 0 aliphatic heterocycles. The van der Waals surface area contributed by atoms with Gasteiger partial charge in [0.2, 0.25) is 0 Å². The zero-order valence-corrected chi connectivity index (χ0v) is 13.4. The van der Waals surface area contributed by atoms with Crippen molar-refractivity contribution in [3.05, 3.63) is 42.5 Å². The summed E-state index contributed by atoms with van der Waals surface area (Å²) in [4.78, 5) is 13.3. The van der Waals surface area contributed by atoms with Crippen molar-refractivity contribution in [3.8, 4) is 0 Å². The first kappa shape index (κ1) is 18.3. The van der Waals surface area contributed by atoms with E-state index in [2.05, 4.69) is 10.9 Å². The van der Waals surface area contributed by atoms with E-state index >= 15 is 0 Å². The number of nitrogens with zero attached hydrogens (tertiary/aromatic N) is 2. The third kappa shape index (κ3) is 6.81. The monoisotopic (exact) mass is 327 g/mol. The molecular weight excluding hydrogens is 308 g/mol. The van der Waals surface area contributed by atoms with Gasteiger partial charge in [-0.25, -0.2) is 9.27 Å². The molecule has 8 heteroatoms. The van der Waals surface area contributed by atoms with Gasteiger partial charge in [-0.15, -0.1) is 0 Å². The van der Waals surface area contributed by atoms with Crippen LogP contribution in [0.3, 0.4) is 0 Å². The first-order valence-corrected chi connectivity index (χ1v) is 7.47. The van der Waals surface area contributed by atoms with Gasteiger partial charge in [0, 0.05) is 13.6 Å². The summed E-state index contributed by atoms with van der Waals surface area (Å²) in [5.41, 5.74) is 1.57. The number of esters is 1. The van der Waals surface area contributed by atoms with Crippen molar-refractivity contribution >= 4 is 23.0 Å². The Bertz CT molecular complexity index is 520. The van der Waals surface area contributed by atoms with Crippen LogP contribution >= 0.6 is 0 Å². The average Bonchev–Trinajstić information content (AvgIpc) is 2.45. The predicted octanol–water partition coefficient (Wildman–Crippen LogP) is 1.01. The molecule has 1 atom stereocenters. The summed E-state index contributed by atoms with van der Waals surface area (Å²) in [6, 6.07) is 7.11. The second-order valence-electron chi connectivity index (χ2n) is 4.59. The molecule has 0 heterocycles. The minimum Gasteiger partial charge on any atom is -0.748 e. The Morgan fingerprint density at radius 3 is 2.55 bits per heavy atom. The summed E-state index contributed by atoms with van der Waals surface area (Å²) in [5, 5.41) is 1.14. The van der Waals surface area contributed by atoms with Gasteiger partial charge in [0.1, 0.15) is 18.0 Å². The third-order valence-corrected chi connectivity index (χ3v) is 3.03. The lowest BCUT2D eigenvalue weighted by molar-refractivity contribution is -0.143. The maximum atomic E-state index is 11.5. The van der Waals surface area contributed by atoms with Gasteiger partial charge in [0.15, 0.2) is 0 Å². The van der Waals surface area contributed by atoms with Crippen LogP contribution in [0.5, 0.6) is 0 Å². The minimum atomic E-state index is -2.61. The van der Waals surface area contributed by atoms with Crippen molar-refractivity contribution in [1.82, 2.24) is 4.90 Å². The zero-order valence-electron chi connectivity index (χ0n) is 12.6. The second-order valence-corrected chi connectivity index (χ2v) is 5.14. The van der Waals surface area contributed by atoms with Gasteiger partial charge in [-0.2, -0.15) is 4.28 Å². The number of carbonyl (C=O) groups is 1. The standard InChI is InChI=1S/C14H20N2O5S/c1-4-9-20-14(17)11-15(2)10-12-5-7-13(8-6-12)16(3)21-22(18)19/h4-8H,1,9-11H2,2-3H3,(H,18,19)/p-1. The average molecular weight is 327 g/mol. The Balaban J connectivity index is 2.51. The van der Waals surface area contributed by atoms with Gasteiger partial charge < -0.3 is 9.29 Å². The third-order valence-electron chi connectivity index (χ3n) is 2.69. The number of likely N-dealkylation sites (N-methyl/N-ethyl adjacent to an activating group) is 1. The lowest BCUT2D eigenvalue weighted by atomic mass is 10.2. The highest BCUT2D eigenvalue weighted by Crippen LogP contribution is 2.15. The highest BCUT2D eigenvalue weighted by Gasteiger charge is 2.08. The molecule has 0 spiro atoms. The number of ether oxygens (including phenoxy) is 1. The van der Waals surface area contributed by atoms with E-state index in [9.17, 15) is 13.6 Å². The molecule has 0 aromatic heterocycles. The molecule has 1 aromatic rings. The van der Waals surface area contributed by atoms with Crippen molar-refractivity contribution < 1.29 is 22.6 Å². The van der Waals surface area contributed by atoms with Gasteiger partial charge in [-0.1, -0.05) is 24.8 Å². The minimum absolute atomic E-state index is 0.174. The molecule has 0 saturated carbocycles. The summed E-state index contributed by atoms with van der Waals surface area (Å²) in [7, 11) is 3.30. The largest absolute Gasteiger partial charge is 0.748 e. The van der Waals surface area contributed by atoms with Crippen LogP contribution in [0, 0.1) is 0 Å². The SMILES string of the molecule is C=CCOC(=O)CN(C)Cc1ccc(N(C)OS(=O)[O-])cc1. The van der Waals surface area contributed by atoms with Crippen LogP contribution in [0.15, 0.2) is 36.9 Å². The van der Waals surface area contributed by atoms with Crippen LogP contribution in [-0.4, -0.2) is 46.9 Å². The highest BCUT2D eigenvalue weighted by molar-refractivity contribution is 7.74. The maximum Gasteiger partial charge on any atom is 0.320 e. The van der Waals surface area contributed by atoms with Gasteiger partial charge in [-0.05, 0) is 24.7 Å². The van der Waals surface area contributed by atoms with E-state index in [4.69, 9.17) is 4.74 Å². The predicted molar refractivity (Wildman–Crippen MR) is 82.3 cm³/mol. The number of anilines is 1. The molecule has 0 bridgehead atoms. The second kappa shape index (κ2) is 9.31. The molecule has 0 aliphatic carbocycles. The lowest BCUT2D eigenvalue weighted by Crippen LogP contribution is -2.27. The summed E-state index contributed by atoms with van der Waals surface area (Å²) >= 11 is -2.61. The summed E-state index contributed by atoms with van der Waals surface area (Å²) in [5.74, 6) is -0.315. The fourth-order valence-electron chi connectivity index (χ4n) is 1.73. The highest BCUT2D eigenvalue weighted by atomic mass is 32.2. The van der Waals surface area contributed by atoms with E-state index in [0.29, 0.717) is 12.2 Å². The van der Waals surface area contributed by atoms with E-state index in [1.54, 1.807) is 19.2 Å². The summed E-state index contributed by atoms with van der Waals surface area (Å²) in [6.45, 7) is 4.41. The van der Waals surface area contributed by atoms with Crippen LogP contribution in [0.4, 0.5) is 5.69 Å². The van der Waals surface area contributed by atoms with E-state index in [0.717, 1.165) is 10.6 Å². The molecule has 0 radical (unpaired) electrons. The fraction of sp³-hybridized carbons (Fsp3) is 0.357. The zero-order chi connectivity index (χ0) is 16.5. The van der Waals surface area contributed by atoms with Crippen LogP contribution in [0.1, 0.15) is 5.56 Å². The Hall–Kier alpha value is -1.74. The maximum absolute atomic E-state index is 11.5. The van der Waals surface area contributed by atoms with Crippen molar-refractivity contribution in [3.63, 3.8) is 0 Å². The number of benzene rings is 1. The molecule has 1 unspecified atom stereocenters. The lowest BCUT2D eigenvalue weighted by Gasteiger charge is -2.20. The molecule has 122 valence electrons. The number of hydroxylamine groups is 1. The molecule has 0 N–H and O–H groups in total. The van der Waals surface area contributed by atoms with E-state index < -0.39 is 11.4 Å². The van der Waals surface area contributed by atoms with Gasteiger partial charge in [-0.3, -0.25) is 9.69 Å². The van der Waals surface area contributed by atoms with Gasteiger partial charge >= 0.3 is 5.97 Å². The van der Waals surface area contributed by atoms with Crippen molar-refractivity contribution in [2.24, 2.45) is 0 Å². The molecule has 1 aromatic carbocycles. The van der Waals surface area contributed by atoms with Crippen molar-refractivity contribution in [2.75, 3.05) is 32.3 Å². The molecule has 0 amide bonds. The van der Waals surface area contributed by atoms with Gasteiger partial charge in [0.25, 0.3) is 0 Å². The number of hydrogen-bond donors (Lipinski definition) is 0. The molecule has 0 fully saturated rings. The molecule has 1 rings (SSSR count). The normalized spacial score (nSPS) is 12.0. The topological polar surface area (TPSA) is 82.1 Å². The quantitative estimate of drug-likeness (QED) is 0.290. The van der Waals surface area contributed by atoms with Crippen LogP contribution in [0.2, 0.25) is 0 Å². The summed E-state index contributed by atoms with van der Waals surface area (Å²) in [6.07, 6.45) is 1.52. The molecular formula is C14H19N2O5S-. The Labute approximate surface area is 132 Å². The van der Waals surface area contributed by atoms with Crippen molar-refractivity contribution in [1.29, 1.82) is 0 Å².